The molecule has 0 aromatic heterocycles. The highest BCUT2D eigenvalue weighted by atomic mass is 32.2. The van der Waals surface area contributed by atoms with Gasteiger partial charge in [-0.1, -0.05) is 6.92 Å². The molecule has 0 aliphatic carbocycles. The molecule has 1 amide bonds. The number of carbonyl (C=O) groups is 2. The number of carbonyl (C=O) groups excluding carboxylic acids is 1. The molecule has 0 aliphatic heterocycles. The summed E-state index contributed by atoms with van der Waals surface area (Å²) >= 11 is 1.23. The zero-order chi connectivity index (χ0) is 16.0. The fraction of sp³-hybridized carbons (Fsp3) is 0.385. The lowest BCUT2D eigenvalue weighted by atomic mass is 10.1. The topological polar surface area (TPSA) is 110 Å². The Kier molecular flexibility index (Phi) is 6.16. The average molecular weight is 312 g/mol. The Morgan fingerprint density at radius 1 is 1.48 bits per heavy atom. The van der Waals surface area contributed by atoms with Gasteiger partial charge in [0.15, 0.2) is 0 Å². The van der Waals surface area contributed by atoms with Crippen LogP contribution in [0.2, 0.25) is 0 Å². The second-order valence-corrected chi connectivity index (χ2v) is 5.40. The van der Waals surface area contributed by atoms with Gasteiger partial charge in [0.1, 0.15) is 0 Å². The van der Waals surface area contributed by atoms with Gasteiger partial charge in [-0.2, -0.15) is 0 Å². The molecule has 0 heterocycles. The maximum absolute atomic E-state index is 11.9. The van der Waals surface area contributed by atoms with E-state index in [4.69, 9.17) is 5.11 Å². The number of hydrogen-bond donors (Lipinski definition) is 2. The minimum Gasteiger partial charge on any atom is -0.481 e. The maximum atomic E-state index is 11.9. The van der Waals surface area contributed by atoms with Crippen LogP contribution in [0.5, 0.6) is 0 Å². The molecule has 0 fully saturated rings. The molecule has 114 valence electrons. The van der Waals surface area contributed by atoms with Gasteiger partial charge in [0.2, 0.25) is 0 Å². The van der Waals surface area contributed by atoms with Gasteiger partial charge in [0.25, 0.3) is 11.6 Å². The average Bonchev–Trinajstić information content (AvgIpc) is 2.43. The molecule has 0 spiro atoms. The number of nitro benzene ring substituents is 1. The van der Waals surface area contributed by atoms with E-state index in [1.54, 1.807) is 13.2 Å². The number of carboxylic acids is 1. The third-order valence-corrected chi connectivity index (χ3v) is 3.56. The summed E-state index contributed by atoms with van der Waals surface area (Å²) in [7, 11) is 0. The molecule has 0 saturated heterocycles. The number of benzene rings is 1. The Labute approximate surface area is 125 Å². The van der Waals surface area contributed by atoms with Gasteiger partial charge in [0, 0.05) is 24.6 Å². The molecule has 1 aromatic carbocycles. The van der Waals surface area contributed by atoms with E-state index in [0.29, 0.717) is 4.90 Å². The molecule has 1 aromatic rings. The number of nitrogens with one attached hydrogen (secondary N) is 1. The smallest absolute Gasteiger partial charge is 0.303 e. The number of thioether (sulfide) groups is 1. The summed E-state index contributed by atoms with van der Waals surface area (Å²) in [6.07, 6.45) is 1.67. The van der Waals surface area contributed by atoms with Crippen molar-refractivity contribution in [3.63, 3.8) is 0 Å². The van der Waals surface area contributed by atoms with Crippen molar-refractivity contribution in [1.29, 1.82) is 0 Å². The molecular weight excluding hydrogens is 296 g/mol. The summed E-state index contributed by atoms with van der Waals surface area (Å²) in [6, 6.07) is 4.26. The summed E-state index contributed by atoms with van der Waals surface area (Å²) in [5.74, 6) is -1.60. The van der Waals surface area contributed by atoms with Crippen molar-refractivity contribution < 1.29 is 19.6 Å². The van der Waals surface area contributed by atoms with Crippen molar-refractivity contribution in [3.8, 4) is 0 Å². The van der Waals surface area contributed by atoms with E-state index >= 15 is 0 Å². The van der Waals surface area contributed by atoms with Crippen LogP contribution in [-0.2, 0) is 4.79 Å². The van der Waals surface area contributed by atoms with Gasteiger partial charge >= 0.3 is 5.97 Å². The lowest BCUT2D eigenvalue weighted by Gasteiger charge is -2.10. The van der Waals surface area contributed by atoms with Crippen molar-refractivity contribution in [2.24, 2.45) is 5.92 Å². The van der Waals surface area contributed by atoms with Crippen molar-refractivity contribution in [3.05, 3.63) is 33.9 Å². The third kappa shape index (κ3) is 5.07. The second-order valence-electron chi connectivity index (χ2n) is 4.56. The number of nitrogens with zero attached hydrogens (tertiary/aromatic N) is 1. The highest BCUT2D eigenvalue weighted by Gasteiger charge is 2.17. The van der Waals surface area contributed by atoms with E-state index in [1.807, 2.05) is 0 Å². The summed E-state index contributed by atoms with van der Waals surface area (Å²) in [4.78, 5) is 33.3. The number of rotatable bonds is 7. The quantitative estimate of drug-likeness (QED) is 0.453. The molecule has 21 heavy (non-hydrogen) atoms. The lowest BCUT2D eigenvalue weighted by molar-refractivity contribution is -0.387. The molecule has 0 radical (unpaired) electrons. The fourth-order valence-corrected chi connectivity index (χ4v) is 2.26. The molecule has 1 rings (SSSR count). The summed E-state index contributed by atoms with van der Waals surface area (Å²) < 4.78 is 0. The van der Waals surface area contributed by atoms with Crippen LogP contribution in [0.3, 0.4) is 0 Å². The first-order valence-corrected chi connectivity index (χ1v) is 7.40. The highest BCUT2D eigenvalue weighted by Crippen LogP contribution is 2.28. The molecule has 0 aliphatic rings. The number of amides is 1. The van der Waals surface area contributed by atoms with E-state index in [2.05, 4.69) is 5.32 Å². The van der Waals surface area contributed by atoms with Crippen molar-refractivity contribution in [2.75, 3.05) is 12.8 Å². The Balaban J connectivity index is 2.77. The number of hydrogen-bond acceptors (Lipinski definition) is 5. The van der Waals surface area contributed by atoms with Gasteiger partial charge < -0.3 is 10.4 Å². The Hall–Kier alpha value is -2.09. The van der Waals surface area contributed by atoms with Crippen LogP contribution in [-0.4, -0.2) is 34.7 Å². The van der Waals surface area contributed by atoms with Crippen molar-refractivity contribution in [2.45, 2.75) is 18.2 Å². The number of aliphatic carboxylic acids is 1. The molecule has 2 N–H and O–H groups in total. The minimum atomic E-state index is -0.934. The molecule has 0 bridgehead atoms. The first-order chi connectivity index (χ1) is 9.85. The van der Waals surface area contributed by atoms with E-state index < -0.39 is 16.8 Å². The summed E-state index contributed by atoms with van der Waals surface area (Å²) in [5, 5.41) is 22.1. The number of nitro groups is 1. The number of carboxylic acid groups (broad SMARTS) is 1. The first kappa shape index (κ1) is 17.0. The normalized spacial score (nSPS) is 11.7. The van der Waals surface area contributed by atoms with Crippen LogP contribution in [0.1, 0.15) is 23.7 Å². The van der Waals surface area contributed by atoms with E-state index in [9.17, 15) is 19.7 Å². The second kappa shape index (κ2) is 7.63. The molecular formula is C13H16N2O5S. The molecule has 1 unspecified atom stereocenters. The highest BCUT2D eigenvalue weighted by molar-refractivity contribution is 7.98. The van der Waals surface area contributed by atoms with Gasteiger partial charge in [-0.15, -0.1) is 11.8 Å². The lowest BCUT2D eigenvalue weighted by Crippen LogP contribution is -2.29. The molecule has 0 saturated carbocycles. The summed E-state index contributed by atoms with van der Waals surface area (Å²) in [6.45, 7) is 1.90. The van der Waals surface area contributed by atoms with Crippen LogP contribution in [0.25, 0.3) is 0 Å². The van der Waals surface area contributed by atoms with E-state index in [0.717, 1.165) is 0 Å². The van der Waals surface area contributed by atoms with Gasteiger partial charge in [-0.05, 0) is 24.3 Å². The largest absolute Gasteiger partial charge is 0.481 e. The van der Waals surface area contributed by atoms with Crippen LogP contribution < -0.4 is 5.32 Å². The van der Waals surface area contributed by atoms with Crippen molar-refractivity contribution in [1.82, 2.24) is 5.32 Å². The monoisotopic (exact) mass is 312 g/mol. The molecule has 7 nitrogen and oxygen atoms in total. The Morgan fingerprint density at radius 2 is 2.14 bits per heavy atom. The SMILES string of the molecule is CSc1ccc(C(=O)NCC(C)CC(=O)O)cc1[N+](=O)[O-]. The van der Waals surface area contributed by atoms with Crippen LogP contribution in [0, 0.1) is 16.0 Å². The zero-order valence-corrected chi connectivity index (χ0v) is 12.5. The third-order valence-electron chi connectivity index (χ3n) is 2.77. The van der Waals surface area contributed by atoms with E-state index in [-0.39, 0.29) is 30.1 Å². The molecule has 1 atom stereocenters. The standard InChI is InChI=1S/C13H16N2O5S/c1-8(5-12(16)17)7-14-13(18)9-3-4-11(21-2)10(6-9)15(19)20/h3-4,6,8H,5,7H2,1-2H3,(H,14,18)(H,16,17). The fourth-order valence-electron chi connectivity index (χ4n) is 1.71. The minimum absolute atomic E-state index is 0.0498. The van der Waals surface area contributed by atoms with Crippen molar-refractivity contribution >= 4 is 29.3 Å². The Morgan fingerprint density at radius 3 is 2.67 bits per heavy atom. The predicted molar refractivity (Wildman–Crippen MR) is 78.6 cm³/mol. The van der Waals surface area contributed by atoms with E-state index in [1.165, 1.54) is 30.0 Å². The van der Waals surface area contributed by atoms with Crippen LogP contribution >= 0.6 is 11.8 Å². The van der Waals surface area contributed by atoms with Gasteiger partial charge in [-0.3, -0.25) is 19.7 Å². The van der Waals surface area contributed by atoms with Crippen LogP contribution in [0.15, 0.2) is 23.1 Å². The maximum Gasteiger partial charge on any atom is 0.303 e. The van der Waals surface area contributed by atoms with Crippen LogP contribution in [0.4, 0.5) is 5.69 Å². The van der Waals surface area contributed by atoms with Gasteiger partial charge in [0.05, 0.1) is 9.82 Å². The first-order valence-electron chi connectivity index (χ1n) is 6.17. The van der Waals surface area contributed by atoms with Gasteiger partial charge in [-0.25, -0.2) is 0 Å². The Bertz CT molecular complexity index is 561. The summed E-state index contributed by atoms with van der Waals surface area (Å²) in [5.41, 5.74) is 0.0655. The predicted octanol–water partition coefficient (Wildman–Crippen LogP) is 2.16. The molecule has 8 heteroatoms. The zero-order valence-electron chi connectivity index (χ0n) is 11.7.